The highest BCUT2D eigenvalue weighted by molar-refractivity contribution is 5.80. The first kappa shape index (κ1) is 14.1. The summed E-state index contributed by atoms with van der Waals surface area (Å²) in [4.78, 5) is 0. The maximum atomic E-state index is 13.2. The van der Waals surface area contributed by atoms with Crippen LogP contribution in [-0.2, 0) is 6.42 Å². The number of nitrogens with zero attached hydrogens (tertiary/aromatic N) is 1. The van der Waals surface area contributed by atoms with Crippen LogP contribution in [0, 0.1) is 5.82 Å². The highest BCUT2D eigenvalue weighted by atomic mass is 19.1. The van der Waals surface area contributed by atoms with E-state index in [0.29, 0.717) is 0 Å². The van der Waals surface area contributed by atoms with Gasteiger partial charge in [0, 0.05) is 6.54 Å². The minimum Gasteiger partial charge on any atom is -0.494 e. The number of hydrogen-bond acceptors (Lipinski definition) is 3. The van der Waals surface area contributed by atoms with Crippen LogP contribution in [0.3, 0.4) is 0 Å². The highest BCUT2D eigenvalue weighted by Gasteiger charge is 2.01. The average Bonchev–Trinajstić information content (AvgIpc) is 2.49. The summed E-state index contributed by atoms with van der Waals surface area (Å²) in [6, 6.07) is 14.8. The van der Waals surface area contributed by atoms with Crippen LogP contribution in [0.5, 0.6) is 5.75 Å². The van der Waals surface area contributed by atoms with Crippen molar-refractivity contribution in [1.29, 1.82) is 0 Å². The molecule has 0 aliphatic carbocycles. The molecule has 1 N–H and O–H groups in total. The van der Waals surface area contributed by atoms with Crippen molar-refractivity contribution < 1.29 is 9.13 Å². The van der Waals surface area contributed by atoms with E-state index in [1.807, 2.05) is 18.2 Å². The normalized spacial score (nSPS) is 10.7. The second-order valence-corrected chi connectivity index (χ2v) is 4.30. The molecule has 0 aromatic heterocycles. The number of nitrogens with one attached hydrogen (secondary N) is 1. The predicted molar refractivity (Wildman–Crippen MR) is 78.7 cm³/mol. The van der Waals surface area contributed by atoms with Crippen LogP contribution in [0.15, 0.2) is 53.6 Å². The van der Waals surface area contributed by atoms with Gasteiger partial charge >= 0.3 is 0 Å². The molecule has 4 heteroatoms. The zero-order valence-corrected chi connectivity index (χ0v) is 11.3. The Bertz CT molecular complexity index is 570. The summed E-state index contributed by atoms with van der Waals surface area (Å²) in [5, 5.41) is 4.11. The number of hydrazone groups is 1. The Morgan fingerprint density at radius 3 is 2.75 bits per heavy atom. The molecule has 0 bridgehead atoms. The molecule has 2 aromatic carbocycles. The van der Waals surface area contributed by atoms with Gasteiger partial charge in [-0.3, -0.25) is 0 Å². The molecule has 0 saturated heterocycles. The van der Waals surface area contributed by atoms with Crippen LogP contribution in [0.1, 0.15) is 11.1 Å². The van der Waals surface area contributed by atoms with Gasteiger partial charge in [-0.15, -0.1) is 0 Å². The van der Waals surface area contributed by atoms with Gasteiger partial charge in [-0.2, -0.15) is 5.10 Å². The fraction of sp³-hybridized carbons (Fsp3) is 0.188. The lowest BCUT2D eigenvalue weighted by atomic mass is 10.2. The lowest BCUT2D eigenvalue weighted by Crippen LogP contribution is -2.10. The molecule has 2 rings (SSSR count). The Labute approximate surface area is 118 Å². The first-order valence-corrected chi connectivity index (χ1v) is 6.43. The van der Waals surface area contributed by atoms with Crippen molar-refractivity contribution in [2.75, 3.05) is 13.7 Å². The van der Waals surface area contributed by atoms with Gasteiger partial charge in [0.05, 0.1) is 13.3 Å². The smallest absolute Gasteiger partial charge is 0.165 e. The van der Waals surface area contributed by atoms with Crippen molar-refractivity contribution in [1.82, 2.24) is 5.43 Å². The molecular weight excluding hydrogens is 255 g/mol. The van der Waals surface area contributed by atoms with Gasteiger partial charge in [-0.05, 0) is 29.7 Å². The Balaban J connectivity index is 1.82. The van der Waals surface area contributed by atoms with Crippen molar-refractivity contribution in [2.45, 2.75) is 6.42 Å². The third kappa shape index (κ3) is 4.09. The standard InChI is InChI=1S/C16H17FN2O/c1-20-16-11-14(7-8-15(16)17)12-19-18-10-9-13-5-3-2-4-6-13/h2-8,11-12,18H,9-10H2,1H3/b19-12+. The van der Waals surface area contributed by atoms with E-state index in [1.165, 1.54) is 18.7 Å². The lowest BCUT2D eigenvalue weighted by Gasteiger charge is -2.03. The Hall–Kier alpha value is -2.36. The molecule has 0 fully saturated rings. The van der Waals surface area contributed by atoms with E-state index in [1.54, 1.807) is 18.3 Å². The Morgan fingerprint density at radius 1 is 1.20 bits per heavy atom. The van der Waals surface area contributed by atoms with Crippen LogP contribution >= 0.6 is 0 Å². The second kappa shape index (κ2) is 7.28. The minimum atomic E-state index is -0.373. The number of halogens is 1. The van der Waals surface area contributed by atoms with Crippen LogP contribution in [-0.4, -0.2) is 19.9 Å². The third-order valence-corrected chi connectivity index (χ3v) is 2.85. The minimum absolute atomic E-state index is 0.221. The molecule has 104 valence electrons. The second-order valence-electron chi connectivity index (χ2n) is 4.30. The largest absolute Gasteiger partial charge is 0.494 e. The van der Waals surface area contributed by atoms with Crippen molar-refractivity contribution in [2.24, 2.45) is 5.10 Å². The number of benzene rings is 2. The summed E-state index contributed by atoms with van der Waals surface area (Å²) in [5.74, 6) is -0.153. The zero-order valence-electron chi connectivity index (χ0n) is 11.3. The Morgan fingerprint density at radius 2 is 2.00 bits per heavy atom. The van der Waals surface area contributed by atoms with Crippen LogP contribution in [0.4, 0.5) is 4.39 Å². The first-order valence-electron chi connectivity index (χ1n) is 6.43. The first-order chi connectivity index (χ1) is 9.79. The maximum absolute atomic E-state index is 13.2. The SMILES string of the molecule is COc1cc(/C=N/NCCc2ccccc2)ccc1F. The average molecular weight is 272 g/mol. The van der Waals surface area contributed by atoms with Crippen molar-refractivity contribution in [3.8, 4) is 5.75 Å². The highest BCUT2D eigenvalue weighted by Crippen LogP contribution is 2.16. The quantitative estimate of drug-likeness (QED) is 0.498. The van der Waals surface area contributed by atoms with E-state index in [4.69, 9.17) is 4.74 Å². The van der Waals surface area contributed by atoms with Gasteiger partial charge in [-0.25, -0.2) is 4.39 Å². The van der Waals surface area contributed by atoms with Gasteiger partial charge in [-0.1, -0.05) is 36.4 Å². The fourth-order valence-electron chi connectivity index (χ4n) is 1.79. The van der Waals surface area contributed by atoms with Gasteiger partial charge in [0.2, 0.25) is 0 Å². The van der Waals surface area contributed by atoms with Crippen LogP contribution in [0.2, 0.25) is 0 Å². The summed E-state index contributed by atoms with van der Waals surface area (Å²) in [7, 11) is 1.44. The van der Waals surface area contributed by atoms with Crippen molar-refractivity contribution in [3.05, 3.63) is 65.5 Å². The summed E-state index contributed by atoms with van der Waals surface area (Å²) in [5.41, 5.74) is 5.02. The number of methoxy groups -OCH3 is 1. The third-order valence-electron chi connectivity index (χ3n) is 2.85. The molecule has 2 aromatic rings. The van der Waals surface area contributed by atoms with Gasteiger partial charge < -0.3 is 10.2 Å². The zero-order chi connectivity index (χ0) is 14.2. The summed E-state index contributed by atoms with van der Waals surface area (Å²) in [6.07, 6.45) is 2.55. The molecule has 0 aliphatic heterocycles. The summed E-state index contributed by atoms with van der Waals surface area (Å²) < 4.78 is 18.1. The lowest BCUT2D eigenvalue weighted by molar-refractivity contribution is 0.386. The van der Waals surface area contributed by atoms with Gasteiger partial charge in [0.1, 0.15) is 0 Å². The predicted octanol–water partition coefficient (Wildman–Crippen LogP) is 3.00. The molecule has 3 nitrogen and oxygen atoms in total. The van der Waals surface area contributed by atoms with E-state index < -0.39 is 0 Å². The summed E-state index contributed by atoms with van der Waals surface area (Å²) in [6.45, 7) is 0.749. The Kier molecular flexibility index (Phi) is 5.12. The van der Waals surface area contributed by atoms with E-state index in [9.17, 15) is 4.39 Å². The van der Waals surface area contributed by atoms with Crippen LogP contribution < -0.4 is 10.2 Å². The monoisotopic (exact) mass is 272 g/mol. The van der Waals surface area contributed by atoms with E-state index >= 15 is 0 Å². The molecule has 0 aliphatic rings. The molecule has 0 saturated carbocycles. The molecule has 0 radical (unpaired) electrons. The van der Waals surface area contributed by atoms with E-state index in [2.05, 4.69) is 22.7 Å². The van der Waals surface area contributed by atoms with E-state index in [-0.39, 0.29) is 11.6 Å². The molecule has 0 amide bonds. The molecule has 20 heavy (non-hydrogen) atoms. The van der Waals surface area contributed by atoms with Gasteiger partial charge in [0.25, 0.3) is 0 Å². The maximum Gasteiger partial charge on any atom is 0.165 e. The fourth-order valence-corrected chi connectivity index (χ4v) is 1.79. The van der Waals surface area contributed by atoms with Gasteiger partial charge in [0.15, 0.2) is 11.6 Å². The molecule has 0 unspecified atom stereocenters. The topological polar surface area (TPSA) is 33.6 Å². The summed E-state index contributed by atoms with van der Waals surface area (Å²) >= 11 is 0. The molecule has 0 heterocycles. The molecular formula is C16H17FN2O. The molecule has 0 spiro atoms. The van der Waals surface area contributed by atoms with Crippen molar-refractivity contribution >= 4 is 6.21 Å². The van der Waals surface area contributed by atoms with E-state index in [0.717, 1.165) is 18.5 Å². The number of ether oxygens (including phenoxy) is 1. The van der Waals surface area contributed by atoms with Crippen molar-refractivity contribution in [3.63, 3.8) is 0 Å². The molecule has 0 atom stereocenters. The number of rotatable bonds is 6. The number of hydrogen-bond donors (Lipinski definition) is 1. The van der Waals surface area contributed by atoms with Crippen LogP contribution in [0.25, 0.3) is 0 Å².